The zero-order chi connectivity index (χ0) is 15.0. The molecule has 1 heterocycles. The Balaban J connectivity index is 1.94. The molecule has 0 amide bonds. The van der Waals surface area contributed by atoms with Gasteiger partial charge in [0.1, 0.15) is 0 Å². The number of fused-ring (bicyclic) bond motifs is 1. The first kappa shape index (κ1) is 15.2. The van der Waals surface area contributed by atoms with Crippen molar-refractivity contribution >= 4 is 27.3 Å². The van der Waals surface area contributed by atoms with Crippen molar-refractivity contribution in [2.24, 2.45) is 11.1 Å². The number of aliphatic hydroxyl groups excluding tert-OH is 1. The standard InChI is InChI=1S/C17H20BrNOS/c1-11-14(18)8-15(21-11)16(20)17(10-19)7-6-12-4-2-3-5-13(12)9-17/h2-5,8,16,20H,6-7,9-10,19H2,1H3. The summed E-state index contributed by atoms with van der Waals surface area (Å²) in [6.45, 7) is 2.58. The Morgan fingerprint density at radius 1 is 1.38 bits per heavy atom. The maximum absolute atomic E-state index is 11.0. The molecular weight excluding hydrogens is 346 g/mol. The van der Waals surface area contributed by atoms with Gasteiger partial charge in [-0.2, -0.15) is 0 Å². The van der Waals surface area contributed by atoms with Gasteiger partial charge in [0.25, 0.3) is 0 Å². The first-order valence-electron chi connectivity index (χ1n) is 7.26. The van der Waals surface area contributed by atoms with Gasteiger partial charge in [-0.25, -0.2) is 0 Å². The Morgan fingerprint density at radius 2 is 2.10 bits per heavy atom. The maximum Gasteiger partial charge on any atom is 0.0953 e. The minimum absolute atomic E-state index is 0.245. The molecule has 2 atom stereocenters. The highest BCUT2D eigenvalue weighted by atomic mass is 79.9. The third kappa shape index (κ3) is 2.70. The molecule has 0 bridgehead atoms. The number of hydrogen-bond acceptors (Lipinski definition) is 3. The maximum atomic E-state index is 11.0. The van der Waals surface area contributed by atoms with Gasteiger partial charge >= 0.3 is 0 Å². The highest BCUT2D eigenvalue weighted by Crippen LogP contribution is 2.46. The van der Waals surface area contributed by atoms with Crippen LogP contribution in [0.2, 0.25) is 0 Å². The van der Waals surface area contributed by atoms with Crippen LogP contribution in [0.1, 0.15) is 33.4 Å². The molecule has 4 heteroatoms. The van der Waals surface area contributed by atoms with E-state index in [-0.39, 0.29) is 5.41 Å². The molecule has 0 spiro atoms. The van der Waals surface area contributed by atoms with Gasteiger partial charge in [-0.1, -0.05) is 24.3 Å². The zero-order valence-electron chi connectivity index (χ0n) is 12.1. The van der Waals surface area contributed by atoms with Crippen LogP contribution >= 0.6 is 27.3 Å². The monoisotopic (exact) mass is 365 g/mol. The third-order valence-corrected chi connectivity index (χ3v) is 6.87. The number of thiophene rings is 1. The van der Waals surface area contributed by atoms with E-state index >= 15 is 0 Å². The summed E-state index contributed by atoms with van der Waals surface area (Å²) in [5, 5.41) is 11.0. The lowest BCUT2D eigenvalue weighted by molar-refractivity contribution is 0.0204. The Bertz CT molecular complexity index is 634. The molecule has 0 aliphatic heterocycles. The van der Waals surface area contributed by atoms with Crippen molar-refractivity contribution in [2.75, 3.05) is 6.54 Å². The van der Waals surface area contributed by atoms with E-state index in [1.165, 1.54) is 16.0 Å². The molecule has 112 valence electrons. The van der Waals surface area contributed by atoms with E-state index in [2.05, 4.69) is 47.1 Å². The van der Waals surface area contributed by atoms with Crippen LogP contribution in [-0.2, 0) is 12.8 Å². The van der Waals surface area contributed by atoms with Crippen LogP contribution in [0.25, 0.3) is 0 Å². The van der Waals surface area contributed by atoms with Crippen molar-refractivity contribution in [3.05, 3.63) is 55.7 Å². The van der Waals surface area contributed by atoms with E-state index in [0.29, 0.717) is 6.54 Å². The Kier molecular flexibility index (Phi) is 4.23. The van der Waals surface area contributed by atoms with Crippen LogP contribution in [0.5, 0.6) is 0 Å². The third-order valence-electron chi connectivity index (χ3n) is 4.69. The van der Waals surface area contributed by atoms with Gasteiger partial charge in [0.2, 0.25) is 0 Å². The van der Waals surface area contributed by atoms with Crippen LogP contribution < -0.4 is 5.73 Å². The summed E-state index contributed by atoms with van der Waals surface area (Å²) >= 11 is 5.20. The smallest absolute Gasteiger partial charge is 0.0953 e. The van der Waals surface area contributed by atoms with Crippen LogP contribution in [0.4, 0.5) is 0 Å². The van der Waals surface area contributed by atoms with Crippen molar-refractivity contribution < 1.29 is 5.11 Å². The predicted molar refractivity (Wildman–Crippen MR) is 91.7 cm³/mol. The quantitative estimate of drug-likeness (QED) is 0.863. The minimum Gasteiger partial charge on any atom is -0.387 e. The Morgan fingerprint density at radius 3 is 2.71 bits per heavy atom. The molecule has 0 saturated heterocycles. The highest BCUT2D eigenvalue weighted by Gasteiger charge is 2.41. The summed E-state index contributed by atoms with van der Waals surface area (Å²) in [4.78, 5) is 2.22. The largest absolute Gasteiger partial charge is 0.387 e. The molecule has 2 unspecified atom stereocenters. The van der Waals surface area contributed by atoms with Gasteiger partial charge in [-0.05, 0) is 59.3 Å². The van der Waals surface area contributed by atoms with Gasteiger partial charge in [-0.15, -0.1) is 11.3 Å². The average Bonchev–Trinajstić information content (AvgIpc) is 2.85. The summed E-state index contributed by atoms with van der Waals surface area (Å²) in [5.74, 6) is 0. The molecule has 2 nitrogen and oxygen atoms in total. The van der Waals surface area contributed by atoms with Crippen LogP contribution in [0.15, 0.2) is 34.8 Å². The molecule has 3 rings (SSSR count). The normalized spacial score (nSPS) is 22.9. The van der Waals surface area contributed by atoms with Gasteiger partial charge in [0.05, 0.1) is 6.10 Å². The first-order valence-corrected chi connectivity index (χ1v) is 8.87. The topological polar surface area (TPSA) is 46.2 Å². The van der Waals surface area contributed by atoms with Gasteiger partial charge < -0.3 is 10.8 Å². The molecule has 0 saturated carbocycles. The number of aryl methyl sites for hydroxylation is 2. The van der Waals surface area contributed by atoms with Crippen molar-refractivity contribution in [3.8, 4) is 0 Å². The van der Waals surface area contributed by atoms with Crippen molar-refractivity contribution in [2.45, 2.75) is 32.3 Å². The fourth-order valence-corrected chi connectivity index (χ4v) is 4.95. The SMILES string of the molecule is Cc1sc(C(O)C2(CN)CCc3ccccc3C2)cc1Br. The summed E-state index contributed by atoms with van der Waals surface area (Å²) in [6.07, 6.45) is 2.30. The van der Waals surface area contributed by atoms with Crippen LogP contribution in [0, 0.1) is 12.3 Å². The Labute approximate surface area is 138 Å². The second kappa shape index (κ2) is 5.84. The molecule has 1 aliphatic carbocycles. The average molecular weight is 366 g/mol. The van der Waals surface area contributed by atoms with E-state index in [1.807, 2.05) is 6.07 Å². The van der Waals surface area contributed by atoms with Gasteiger partial charge in [-0.3, -0.25) is 0 Å². The zero-order valence-corrected chi connectivity index (χ0v) is 14.5. The first-order chi connectivity index (χ1) is 10.1. The van der Waals surface area contributed by atoms with E-state index in [9.17, 15) is 5.11 Å². The van der Waals surface area contributed by atoms with Crippen LogP contribution in [-0.4, -0.2) is 11.7 Å². The van der Waals surface area contributed by atoms with E-state index < -0.39 is 6.10 Å². The molecule has 2 aromatic rings. The van der Waals surface area contributed by atoms with Crippen LogP contribution in [0.3, 0.4) is 0 Å². The summed E-state index contributed by atoms with van der Waals surface area (Å²) in [6, 6.07) is 10.6. The molecular formula is C17H20BrNOS. The van der Waals surface area contributed by atoms with E-state index in [4.69, 9.17) is 5.73 Å². The Hall–Kier alpha value is -0.680. The second-order valence-corrected chi connectivity index (χ2v) is 8.11. The summed E-state index contributed by atoms with van der Waals surface area (Å²) in [7, 11) is 0. The fraction of sp³-hybridized carbons (Fsp3) is 0.412. The summed E-state index contributed by atoms with van der Waals surface area (Å²) < 4.78 is 1.07. The minimum atomic E-state index is -0.495. The molecule has 0 fully saturated rings. The molecule has 3 N–H and O–H groups in total. The van der Waals surface area contributed by atoms with Crippen molar-refractivity contribution in [1.82, 2.24) is 0 Å². The van der Waals surface area contributed by atoms with Crippen molar-refractivity contribution in [3.63, 3.8) is 0 Å². The number of halogens is 1. The number of rotatable bonds is 3. The lowest BCUT2D eigenvalue weighted by Crippen LogP contribution is -2.41. The van der Waals surface area contributed by atoms with Gasteiger partial charge in [0.15, 0.2) is 0 Å². The lowest BCUT2D eigenvalue weighted by atomic mass is 9.68. The van der Waals surface area contributed by atoms with E-state index in [1.54, 1.807) is 11.3 Å². The molecule has 0 radical (unpaired) electrons. The molecule has 1 aliphatic rings. The van der Waals surface area contributed by atoms with Gasteiger partial charge in [0, 0.05) is 26.2 Å². The van der Waals surface area contributed by atoms with E-state index in [0.717, 1.165) is 28.6 Å². The number of aliphatic hydroxyl groups is 1. The molecule has 21 heavy (non-hydrogen) atoms. The highest BCUT2D eigenvalue weighted by molar-refractivity contribution is 9.10. The predicted octanol–water partition coefficient (Wildman–Crippen LogP) is 3.99. The number of benzene rings is 1. The fourth-order valence-electron chi connectivity index (χ4n) is 3.26. The molecule has 1 aromatic carbocycles. The lowest BCUT2D eigenvalue weighted by Gasteiger charge is -2.40. The molecule has 1 aromatic heterocycles. The van der Waals surface area contributed by atoms with Crippen molar-refractivity contribution in [1.29, 1.82) is 0 Å². The number of nitrogens with two attached hydrogens (primary N) is 1. The second-order valence-electron chi connectivity index (χ2n) is 5.97. The number of hydrogen-bond donors (Lipinski definition) is 2. The summed E-state index contributed by atoms with van der Waals surface area (Å²) in [5.41, 5.74) is 8.60.